The number of alkyl halides is 4. The minimum Gasteiger partial charge on any atom is -0.368 e. The maximum Gasteiger partial charge on any atom is 0.330 e. The molecule has 1 N–H and O–H groups in total. The molecule has 1 heterocycles. The molecule has 0 amide bonds. The number of ether oxygens (including phenoxy) is 1. The zero-order chi connectivity index (χ0) is 14.8. The summed E-state index contributed by atoms with van der Waals surface area (Å²) in [6.45, 7) is -0.780. The quantitative estimate of drug-likeness (QED) is 0.749. The molecule has 0 aromatic carbocycles. The smallest absolute Gasteiger partial charge is 0.330 e. The Morgan fingerprint density at radius 3 is 2.70 bits per heavy atom. The normalized spacial score (nSPS) is 16.1. The van der Waals surface area contributed by atoms with E-state index in [0.29, 0.717) is 17.5 Å². The SMILES string of the molecule is CNCc1sc(COCC(F)(F)C(F)F)nc1C1CC1. The lowest BCUT2D eigenvalue weighted by Gasteiger charge is -2.14. The van der Waals surface area contributed by atoms with Gasteiger partial charge in [0.2, 0.25) is 0 Å². The van der Waals surface area contributed by atoms with Crippen molar-refractivity contribution < 1.29 is 22.3 Å². The maximum absolute atomic E-state index is 12.7. The molecular formula is C12H16F4N2OS. The van der Waals surface area contributed by atoms with E-state index in [-0.39, 0.29) is 6.61 Å². The summed E-state index contributed by atoms with van der Waals surface area (Å²) < 4.78 is 54.0. The van der Waals surface area contributed by atoms with Gasteiger partial charge in [-0.1, -0.05) is 0 Å². The van der Waals surface area contributed by atoms with Crippen LogP contribution < -0.4 is 5.32 Å². The second-order valence-electron chi connectivity index (χ2n) is 4.78. The molecule has 0 unspecified atom stereocenters. The van der Waals surface area contributed by atoms with Gasteiger partial charge in [-0.15, -0.1) is 11.3 Å². The van der Waals surface area contributed by atoms with Crippen molar-refractivity contribution in [3.8, 4) is 0 Å². The molecule has 1 aliphatic rings. The predicted octanol–water partition coefficient (Wildman–Crippen LogP) is 3.16. The minimum absolute atomic E-state index is 0.156. The molecule has 0 atom stereocenters. The highest BCUT2D eigenvalue weighted by atomic mass is 32.1. The molecule has 20 heavy (non-hydrogen) atoms. The second-order valence-corrected chi connectivity index (χ2v) is 5.94. The Morgan fingerprint density at radius 2 is 2.15 bits per heavy atom. The van der Waals surface area contributed by atoms with E-state index in [1.54, 1.807) is 0 Å². The molecular weight excluding hydrogens is 296 g/mol. The van der Waals surface area contributed by atoms with Gasteiger partial charge in [0.1, 0.15) is 11.6 Å². The average Bonchev–Trinajstić information content (AvgIpc) is 3.13. The monoisotopic (exact) mass is 312 g/mol. The first kappa shape index (κ1) is 15.7. The lowest BCUT2D eigenvalue weighted by molar-refractivity contribution is -0.168. The van der Waals surface area contributed by atoms with Crippen LogP contribution in [0.3, 0.4) is 0 Å². The average molecular weight is 312 g/mol. The third-order valence-electron chi connectivity index (χ3n) is 2.91. The predicted molar refractivity (Wildman–Crippen MR) is 67.5 cm³/mol. The van der Waals surface area contributed by atoms with Crippen LogP contribution in [0.15, 0.2) is 0 Å². The molecule has 114 valence electrons. The third kappa shape index (κ3) is 3.89. The first-order valence-corrected chi connectivity index (χ1v) is 7.12. The highest BCUT2D eigenvalue weighted by Gasteiger charge is 2.41. The summed E-state index contributed by atoms with van der Waals surface area (Å²) in [6, 6.07) is 0. The van der Waals surface area contributed by atoms with Gasteiger partial charge in [0, 0.05) is 17.3 Å². The Morgan fingerprint density at radius 1 is 1.45 bits per heavy atom. The van der Waals surface area contributed by atoms with Crippen LogP contribution in [-0.2, 0) is 17.9 Å². The van der Waals surface area contributed by atoms with Crippen molar-refractivity contribution in [1.29, 1.82) is 0 Å². The fourth-order valence-electron chi connectivity index (χ4n) is 1.78. The summed E-state index contributed by atoms with van der Waals surface area (Å²) in [4.78, 5) is 5.44. The van der Waals surface area contributed by atoms with Crippen molar-refractivity contribution in [3.63, 3.8) is 0 Å². The highest BCUT2D eigenvalue weighted by Crippen LogP contribution is 2.42. The van der Waals surface area contributed by atoms with Gasteiger partial charge < -0.3 is 10.1 Å². The molecule has 1 saturated carbocycles. The van der Waals surface area contributed by atoms with Gasteiger partial charge in [0.15, 0.2) is 0 Å². The molecule has 1 aromatic rings. The number of nitrogens with one attached hydrogen (secondary N) is 1. The second kappa shape index (κ2) is 6.36. The van der Waals surface area contributed by atoms with E-state index < -0.39 is 19.0 Å². The molecule has 3 nitrogen and oxygen atoms in total. The van der Waals surface area contributed by atoms with E-state index in [9.17, 15) is 17.6 Å². The summed E-state index contributed by atoms with van der Waals surface area (Å²) >= 11 is 1.38. The molecule has 0 bridgehead atoms. The van der Waals surface area contributed by atoms with Gasteiger partial charge in [-0.2, -0.15) is 8.78 Å². The zero-order valence-corrected chi connectivity index (χ0v) is 11.8. The first-order valence-electron chi connectivity index (χ1n) is 6.31. The van der Waals surface area contributed by atoms with Crippen LogP contribution >= 0.6 is 11.3 Å². The van der Waals surface area contributed by atoms with Gasteiger partial charge >= 0.3 is 12.3 Å². The van der Waals surface area contributed by atoms with Gasteiger partial charge in [-0.25, -0.2) is 13.8 Å². The van der Waals surface area contributed by atoms with E-state index >= 15 is 0 Å². The lowest BCUT2D eigenvalue weighted by atomic mass is 10.2. The number of hydrogen-bond acceptors (Lipinski definition) is 4. The molecule has 0 radical (unpaired) electrons. The van der Waals surface area contributed by atoms with Crippen LogP contribution in [0.5, 0.6) is 0 Å². The lowest BCUT2D eigenvalue weighted by Crippen LogP contribution is -2.32. The van der Waals surface area contributed by atoms with Crippen LogP contribution in [0.4, 0.5) is 17.6 Å². The van der Waals surface area contributed by atoms with Crippen molar-refractivity contribution >= 4 is 11.3 Å². The fourth-order valence-corrected chi connectivity index (χ4v) is 2.88. The molecule has 0 saturated heterocycles. The van der Waals surface area contributed by atoms with Gasteiger partial charge in [-0.3, -0.25) is 0 Å². The van der Waals surface area contributed by atoms with Gasteiger partial charge in [0.25, 0.3) is 0 Å². The summed E-state index contributed by atoms with van der Waals surface area (Å²) in [5, 5.41) is 3.58. The number of rotatable bonds is 8. The van der Waals surface area contributed by atoms with Crippen LogP contribution in [-0.4, -0.2) is 31.0 Å². The minimum atomic E-state index is -4.11. The maximum atomic E-state index is 12.7. The van der Waals surface area contributed by atoms with Gasteiger partial charge in [-0.05, 0) is 19.9 Å². The molecule has 0 spiro atoms. The van der Waals surface area contributed by atoms with Crippen LogP contribution in [0, 0.1) is 0 Å². The van der Waals surface area contributed by atoms with Crippen LogP contribution in [0.2, 0.25) is 0 Å². The van der Waals surface area contributed by atoms with Crippen molar-refractivity contribution in [1.82, 2.24) is 10.3 Å². The molecule has 1 aromatic heterocycles. The van der Waals surface area contributed by atoms with Crippen molar-refractivity contribution in [2.45, 2.75) is 44.3 Å². The molecule has 8 heteroatoms. The molecule has 2 rings (SSSR count). The summed E-state index contributed by atoms with van der Waals surface area (Å²) in [5.74, 6) is -3.66. The Bertz CT molecular complexity index is 449. The first-order chi connectivity index (χ1) is 9.44. The Balaban J connectivity index is 1.91. The van der Waals surface area contributed by atoms with Crippen molar-refractivity contribution in [2.24, 2.45) is 0 Å². The van der Waals surface area contributed by atoms with Crippen LogP contribution in [0.1, 0.15) is 34.3 Å². The number of aromatic nitrogens is 1. The number of hydrogen-bond donors (Lipinski definition) is 1. The summed E-state index contributed by atoms with van der Waals surface area (Å²) in [7, 11) is 1.82. The van der Waals surface area contributed by atoms with E-state index in [1.165, 1.54) is 11.3 Å². The highest BCUT2D eigenvalue weighted by molar-refractivity contribution is 7.11. The largest absolute Gasteiger partial charge is 0.368 e. The third-order valence-corrected chi connectivity index (χ3v) is 3.96. The Labute approximate surface area is 118 Å². The standard InChI is InChI=1S/C12H16F4N2OS/c1-17-4-8-10(7-2-3-7)18-9(20-8)5-19-6-12(15,16)11(13)14/h7,11,17H,2-6H2,1H3. The van der Waals surface area contributed by atoms with E-state index in [0.717, 1.165) is 23.4 Å². The van der Waals surface area contributed by atoms with Crippen molar-refractivity contribution in [3.05, 3.63) is 15.6 Å². The Kier molecular flexibility index (Phi) is 4.98. The number of nitrogens with zero attached hydrogens (tertiary/aromatic N) is 1. The van der Waals surface area contributed by atoms with E-state index in [4.69, 9.17) is 0 Å². The van der Waals surface area contributed by atoms with E-state index in [1.807, 2.05) is 7.05 Å². The number of halogens is 4. The zero-order valence-electron chi connectivity index (χ0n) is 11.0. The van der Waals surface area contributed by atoms with E-state index in [2.05, 4.69) is 15.0 Å². The molecule has 1 fully saturated rings. The summed E-state index contributed by atoms with van der Waals surface area (Å²) in [6.07, 6.45) is -1.53. The number of thiazole rings is 1. The summed E-state index contributed by atoms with van der Waals surface area (Å²) in [5.41, 5.74) is 0.989. The Hall–Kier alpha value is -0.730. The van der Waals surface area contributed by atoms with Crippen LogP contribution in [0.25, 0.3) is 0 Å². The molecule has 1 aliphatic carbocycles. The van der Waals surface area contributed by atoms with Gasteiger partial charge in [0.05, 0.1) is 12.3 Å². The van der Waals surface area contributed by atoms with Crippen molar-refractivity contribution in [2.75, 3.05) is 13.7 Å². The topological polar surface area (TPSA) is 34.1 Å². The fraction of sp³-hybridized carbons (Fsp3) is 0.750. The molecule has 0 aliphatic heterocycles.